The van der Waals surface area contributed by atoms with E-state index in [1.807, 2.05) is 58.0 Å². The molecule has 2 aliphatic rings. The third kappa shape index (κ3) is 9.49. The van der Waals surface area contributed by atoms with Crippen LogP contribution >= 0.6 is 0 Å². The standard InChI is InChI=1S/C31H47N5O7/c1-6-23(18-37)32-28(38)25-16-24(43-19-22-10-8-7-9-11-22)17-36(25)30(40)27(21(4)5)33-29(39)26(20(2)3)34-31(41)35-12-14-42-15-13-35/h7-11,18,20-21,23-27H,6,12-17,19H2,1-5H3,(H,32,38)(H,33,39)(H,34,41)/t23-,24+,25-,26-,27-/m0/s1. The van der Waals surface area contributed by atoms with Crippen LogP contribution in [0.5, 0.6) is 0 Å². The summed E-state index contributed by atoms with van der Waals surface area (Å²) < 4.78 is 11.4. The minimum atomic E-state index is -0.953. The number of amides is 5. The maximum Gasteiger partial charge on any atom is 0.318 e. The summed E-state index contributed by atoms with van der Waals surface area (Å²) in [5.74, 6) is -1.90. The van der Waals surface area contributed by atoms with Crippen molar-refractivity contribution in [2.24, 2.45) is 11.8 Å². The molecule has 0 saturated carbocycles. The van der Waals surface area contributed by atoms with Crippen molar-refractivity contribution in [3.8, 4) is 0 Å². The van der Waals surface area contributed by atoms with E-state index < -0.39 is 48.0 Å². The van der Waals surface area contributed by atoms with Crippen LogP contribution in [0, 0.1) is 11.8 Å². The lowest BCUT2D eigenvalue weighted by atomic mass is 9.99. The molecule has 5 amide bonds. The molecule has 2 saturated heterocycles. The Balaban J connectivity index is 1.76. The summed E-state index contributed by atoms with van der Waals surface area (Å²) in [6.45, 7) is 11.3. The van der Waals surface area contributed by atoms with Gasteiger partial charge in [0.25, 0.3) is 0 Å². The Morgan fingerprint density at radius 2 is 1.63 bits per heavy atom. The number of likely N-dealkylation sites (tertiary alicyclic amines) is 1. The average Bonchev–Trinajstić information content (AvgIpc) is 3.44. The van der Waals surface area contributed by atoms with Crippen LogP contribution in [0.4, 0.5) is 4.79 Å². The maximum atomic E-state index is 14.0. The third-order valence-electron chi connectivity index (χ3n) is 7.87. The van der Waals surface area contributed by atoms with Gasteiger partial charge in [-0.05, 0) is 23.8 Å². The third-order valence-corrected chi connectivity index (χ3v) is 7.87. The van der Waals surface area contributed by atoms with Crippen molar-refractivity contribution in [1.29, 1.82) is 0 Å². The van der Waals surface area contributed by atoms with Gasteiger partial charge >= 0.3 is 6.03 Å². The molecule has 5 atom stereocenters. The molecule has 2 aliphatic heterocycles. The summed E-state index contributed by atoms with van der Waals surface area (Å²) in [7, 11) is 0. The number of urea groups is 1. The van der Waals surface area contributed by atoms with Crippen molar-refractivity contribution < 1.29 is 33.4 Å². The van der Waals surface area contributed by atoms with E-state index in [9.17, 15) is 24.0 Å². The summed E-state index contributed by atoms with van der Waals surface area (Å²) in [6.07, 6.45) is 0.928. The molecule has 0 unspecified atom stereocenters. The number of rotatable bonds is 13. The van der Waals surface area contributed by atoms with Gasteiger partial charge in [-0.2, -0.15) is 0 Å². The van der Waals surface area contributed by atoms with Gasteiger partial charge in [-0.25, -0.2) is 4.79 Å². The number of morpholine rings is 1. The van der Waals surface area contributed by atoms with Gasteiger partial charge in [-0.15, -0.1) is 0 Å². The first-order valence-corrected chi connectivity index (χ1v) is 15.2. The molecule has 12 heteroatoms. The Hall–Kier alpha value is -3.51. The zero-order chi connectivity index (χ0) is 31.5. The van der Waals surface area contributed by atoms with E-state index in [4.69, 9.17) is 9.47 Å². The lowest BCUT2D eigenvalue weighted by Crippen LogP contribution is -2.60. The Labute approximate surface area is 254 Å². The van der Waals surface area contributed by atoms with E-state index in [2.05, 4.69) is 16.0 Å². The molecule has 0 radical (unpaired) electrons. The second-order valence-corrected chi connectivity index (χ2v) is 11.8. The number of carbonyl (C=O) groups is 5. The summed E-state index contributed by atoms with van der Waals surface area (Å²) >= 11 is 0. The fourth-order valence-electron chi connectivity index (χ4n) is 5.17. The summed E-state index contributed by atoms with van der Waals surface area (Å²) in [5, 5.41) is 8.41. The summed E-state index contributed by atoms with van der Waals surface area (Å²) in [4.78, 5) is 68.2. The number of aldehydes is 1. The van der Waals surface area contributed by atoms with Crippen LogP contribution < -0.4 is 16.0 Å². The van der Waals surface area contributed by atoms with Crippen molar-refractivity contribution in [3.05, 3.63) is 35.9 Å². The first-order valence-electron chi connectivity index (χ1n) is 15.2. The Kier molecular flexibility index (Phi) is 12.9. The predicted octanol–water partition coefficient (Wildman–Crippen LogP) is 1.47. The fraction of sp³-hybridized carbons (Fsp3) is 0.645. The SMILES string of the molecule is CC[C@@H](C=O)NC(=O)[C@@H]1C[C@@H](OCc2ccccc2)CN1C(=O)[C@@H](NC(=O)[C@@H](NC(=O)N1CCOCC1)C(C)C)C(C)C. The molecular formula is C31H47N5O7. The van der Waals surface area contributed by atoms with Crippen LogP contribution in [0.15, 0.2) is 30.3 Å². The average molecular weight is 602 g/mol. The van der Waals surface area contributed by atoms with Crippen molar-refractivity contribution in [2.45, 2.75) is 84.3 Å². The molecule has 0 bridgehead atoms. The molecule has 3 N–H and O–H groups in total. The normalized spacial score (nSPS) is 20.8. The van der Waals surface area contributed by atoms with Crippen molar-refractivity contribution in [1.82, 2.24) is 25.8 Å². The van der Waals surface area contributed by atoms with Crippen LogP contribution in [0.25, 0.3) is 0 Å². The molecule has 1 aromatic rings. The first-order chi connectivity index (χ1) is 20.5. The number of benzene rings is 1. The smallest absolute Gasteiger partial charge is 0.318 e. The quantitative estimate of drug-likeness (QED) is 0.290. The molecule has 1 aromatic carbocycles. The van der Waals surface area contributed by atoms with Crippen molar-refractivity contribution >= 4 is 30.0 Å². The zero-order valence-corrected chi connectivity index (χ0v) is 25.9. The van der Waals surface area contributed by atoms with Gasteiger partial charge in [-0.3, -0.25) is 14.4 Å². The first kappa shape index (κ1) is 34.0. The summed E-state index contributed by atoms with van der Waals surface area (Å²) in [5.41, 5.74) is 0.964. The number of hydrogen-bond acceptors (Lipinski definition) is 7. The molecule has 12 nitrogen and oxygen atoms in total. The van der Waals surface area contributed by atoms with E-state index in [1.165, 1.54) is 4.90 Å². The van der Waals surface area contributed by atoms with Crippen LogP contribution in [0.2, 0.25) is 0 Å². The van der Waals surface area contributed by atoms with E-state index in [0.29, 0.717) is 45.6 Å². The Morgan fingerprint density at radius 3 is 2.21 bits per heavy atom. The Morgan fingerprint density at radius 1 is 0.977 bits per heavy atom. The van der Waals surface area contributed by atoms with Gasteiger partial charge in [-0.1, -0.05) is 65.0 Å². The maximum absolute atomic E-state index is 14.0. The van der Waals surface area contributed by atoms with Gasteiger partial charge in [0.05, 0.1) is 32.0 Å². The van der Waals surface area contributed by atoms with Crippen molar-refractivity contribution in [3.63, 3.8) is 0 Å². The number of ether oxygens (including phenoxy) is 2. The highest BCUT2D eigenvalue weighted by atomic mass is 16.5. The molecule has 0 spiro atoms. The minimum Gasteiger partial charge on any atom is -0.378 e. The van der Waals surface area contributed by atoms with E-state index in [1.54, 1.807) is 11.8 Å². The second-order valence-electron chi connectivity index (χ2n) is 11.8. The molecule has 3 rings (SSSR count). The highest BCUT2D eigenvalue weighted by Crippen LogP contribution is 2.24. The molecule has 2 heterocycles. The Bertz CT molecular complexity index is 1090. The predicted molar refractivity (Wildman–Crippen MR) is 160 cm³/mol. The van der Waals surface area contributed by atoms with E-state index in [0.717, 1.165) is 5.56 Å². The molecule has 0 aliphatic carbocycles. The number of nitrogens with zero attached hydrogens (tertiary/aromatic N) is 2. The molecule has 238 valence electrons. The van der Waals surface area contributed by atoms with Gasteiger partial charge in [0.15, 0.2) is 0 Å². The highest BCUT2D eigenvalue weighted by Gasteiger charge is 2.44. The van der Waals surface area contributed by atoms with E-state index in [-0.39, 0.29) is 30.8 Å². The second kappa shape index (κ2) is 16.4. The number of hydrogen-bond donors (Lipinski definition) is 3. The minimum absolute atomic E-state index is 0.155. The lowest BCUT2D eigenvalue weighted by Gasteiger charge is -2.33. The zero-order valence-electron chi connectivity index (χ0n) is 25.9. The van der Waals surface area contributed by atoms with Gasteiger partial charge in [0.2, 0.25) is 17.7 Å². The monoisotopic (exact) mass is 601 g/mol. The van der Waals surface area contributed by atoms with E-state index >= 15 is 0 Å². The highest BCUT2D eigenvalue weighted by molar-refractivity contribution is 5.95. The van der Waals surface area contributed by atoms with Crippen LogP contribution in [0.1, 0.15) is 53.0 Å². The van der Waals surface area contributed by atoms with Crippen LogP contribution in [0.3, 0.4) is 0 Å². The van der Waals surface area contributed by atoms with Gasteiger partial charge < -0.3 is 40.0 Å². The topological polar surface area (TPSA) is 146 Å². The van der Waals surface area contributed by atoms with Crippen LogP contribution in [-0.4, -0.2) is 103 Å². The molecule has 2 fully saturated rings. The van der Waals surface area contributed by atoms with Gasteiger partial charge in [0.1, 0.15) is 24.4 Å². The number of carbonyl (C=O) groups excluding carboxylic acids is 5. The fourth-order valence-corrected chi connectivity index (χ4v) is 5.17. The molecule has 0 aromatic heterocycles. The lowest BCUT2D eigenvalue weighted by molar-refractivity contribution is -0.143. The van der Waals surface area contributed by atoms with Gasteiger partial charge in [0, 0.05) is 26.1 Å². The largest absolute Gasteiger partial charge is 0.378 e. The summed E-state index contributed by atoms with van der Waals surface area (Å²) in [6, 6.07) is 5.87. The number of nitrogens with one attached hydrogen (secondary N) is 3. The molecule has 43 heavy (non-hydrogen) atoms. The van der Waals surface area contributed by atoms with Crippen molar-refractivity contribution in [2.75, 3.05) is 32.8 Å². The molecular weight excluding hydrogens is 554 g/mol. The van der Waals surface area contributed by atoms with Crippen LogP contribution in [-0.2, 0) is 35.3 Å².